The summed E-state index contributed by atoms with van der Waals surface area (Å²) in [4.78, 5) is 35.7. The van der Waals surface area contributed by atoms with Gasteiger partial charge in [0, 0.05) is 69.0 Å². The fraction of sp³-hybridized carbons (Fsp3) is 0.312. The number of H-pyrrole nitrogens is 1. The van der Waals surface area contributed by atoms with E-state index in [2.05, 4.69) is 27.3 Å². The van der Waals surface area contributed by atoms with Gasteiger partial charge in [-0.15, -0.1) is 0 Å². The number of benzene rings is 3. The van der Waals surface area contributed by atoms with Gasteiger partial charge in [-0.2, -0.15) is 13.2 Å². The highest BCUT2D eigenvalue weighted by Gasteiger charge is 2.34. The number of carbonyl (C=O) groups excluding carboxylic acids is 2. The number of hydrogen-bond donors (Lipinski definition) is 2. The summed E-state index contributed by atoms with van der Waals surface area (Å²) >= 11 is 0. The second-order valence-corrected chi connectivity index (χ2v) is 10.6. The first-order valence-electron chi connectivity index (χ1n) is 14.0. The average molecular weight is 578 g/mol. The van der Waals surface area contributed by atoms with Crippen molar-refractivity contribution in [2.24, 2.45) is 0 Å². The van der Waals surface area contributed by atoms with Crippen molar-refractivity contribution in [3.05, 3.63) is 102 Å². The summed E-state index contributed by atoms with van der Waals surface area (Å²) in [5.41, 5.74) is 2.09. The van der Waals surface area contributed by atoms with Crippen LogP contribution >= 0.6 is 0 Å². The van der Waals surface area contributed by atoms with Crippen LogP contribution < -0.4 is 10.2 Å². The topological polar surface area (TPSA) is 71.7 Å². The number of aromatic nitrogens is 1. The number of fused-ring (bicyclic) bond motifs is 1. The Balaban J connectivity index is 1.28. The third-order valence-electron chi connectivity index (χ3n) is 7.70. The van der Waals surface area contributed by atoms with Crippen LogP contribution in [0.3, 0.4) is 0 Å². The summed E-state index contributed by atoms with van der Waals surface area (Å²) in [6.07, 6.45) is -2.54. The van der Waals surface area contributed by atoms with Crippen LogP contribution in [0.5, 0.6) is 0 Å². The summed E-state index contributed by atoms with van der Waals surface area (Å²) in [7, 11) is 1.46. The number of likely N-dealkylation sites (N-methyl/N-ethyl adjacent to an activating group) is 1. The second-order valence-electron chi connectivity index (χ2n) is 10.6. The van der Waals surface area contributed by atoms with Crippen LogP contribution in [0.1, 0.15) is 16.7 Å². The minimum atomic E-state index is -4.54. The lowest BCUT2D eigenvalue weighted by Gasteiger charge is -2.36. The van der Waals surface area contributed by atoms with Crippen molar-refractivity contribution in [1.82, 2.24) is 20.1 Å². The van der Waals surface area contributed by atoms with Crippen LogP contribution in [0.4, 0.5) is 18.9 Å². The number of para-hydroxylation sites is 2. The molecule has 1 saturated heterocycles. The average Bonchev–Trinajstić information content (AvgIpc) is 3.39. The fourth-order valence-corrected chi connectivity index (χ4v) is 5.50. The van der Waals surface area contributed by atoms with E-state index in [9.17, 15) is 22.8 Å². The number of alkyl halides is 3. The van der Waals surface area contributed by atoms with E-state index in [0.29, 0.717) is 13.1 Å². The number of rotatable bonds is 9. The maximum atomic E-state index is 13.7. The van der Waals surface area contributed by atoms with Gasteiger partial charge in [-0.05, 0) is 35.4 Å². The zero-order valence-electron chi connectivity index (χ0n) is 23.4. The maximum absolute atomic E-state index is 13.7. The van der Waals surface area contributed by atoms with Crippen LogP contribution in [0.2, 0.25) is 0 Å². The van der Waals surface area contributed by atoms with Crippen LogP contribution in [0.15, 0.2) is 85.1 Å². The Bertz CT molecular complexity index is 1510. The van der Waals surface area contributed by atoms with Gasteiger partial charge in [0.05, 0.1) is 12.1 Å². The SMILES string of the molecule is CN(Cc1ccccc1C(F)(F)F)C(=O)C(Cc1c[nH]c2ccccc12)NC(=O)CN1CCN(c2ccccc2)CC1. The number of amides is 2. The molecule has 3 aromatic carbocycles. The highest BCUT2D eigenvalue weighted by atomic mass is 19.4. The molecule has 0 saturated carbocycles. The third kappa shape index (κ3) is 6.94. The molecule has 2 heterocycles. The summed E-state index contributed by atoms with van der Waals surface area (Å²) in [5, 5.41) is 3.82. The summed E-state index contributed by atoms with van der Waals surface area (Å²) in [5.74, 6) is -0.759. The van der Waals surface area contributed by atoms with E-state index in [1.807, 2.05) is 47.4 Å². The van der Waals surface area contributed by atoms with Crippen molar-refractivity contribution >= 4 is 28.4 Å². The number of piperazine rings is 1. The van der Waals surface area contributed by atoms with Crippen molar-refractivity contribution in [2.75, 3.05) is 44.7 Å². The van der Waals surface area contributed by atoms with Crippen LogP contribution in [-0.4, -0.2) is 72.4 Å². The molecule has 1 aliphatic rings. The Hall–Kier alpha value is -4.31. The Kier molecular flexibility index (Phi) is 8.82. The lowest BCUT2D eigenvalue weighted by Crippen LogP contribution is -2.53. The molecule has 0 radical (unpaired) electrons. The molecule has 0 aliphatic carbocycles. The Morgan fingerprint density at radius 1 is 0.905 bits per heavy atom. The molecule has 1 atom stereocenters. The molecule has 5 rings (SSSR count). The molecule has 7 nitrogen and oxygen atoms in total. The van der Waals surface area contributed by atoms with Crippen molar-refractivity contribution in [2.45, 2.75) is 25.2 Å². The first-order chi connectivity index (χ1) is 20.2. The molecule has 2 amide bonds. The van der Waals surface area contributed by atoms with Gasteiger partial charge in [0.2, 0.25) is 11.8 Å². The van der Waals surface area contributed by atoms with E-state index < -0.39 is 23.7 Å². The highest BCUT2D eigenvalue weighted by Crippen LogP contribution is 2.32. The summed E-state index contributed by atoms with van der Waals surface area (Å²) < 4.78 is 40.8. The Morgan fingerprint density at radius 2 is 1.57 bits per heavy atom. The van der Waals surface area contributed by atoms with Gasteiger partial charge in [0.15, 0.2) is 0 Å². The van der Waals surface area contributed by atoms with E-state index in [1.54, 1.807) is 6.20 Å². The summed E-state index contributed by atoms with van der Waals surface area (Å²) in [6, 6.07) is 22.0. The van der Waals surface area contributed by atoms with Gasteiger partial charge in [-0.25, -0.2) is 0 Å². The van der Waals surface area contributed by atoms with Gasteiger partial charge in [0.25, 0.3) is 0 Å². The van der Waals surface area contributed by atoms with Crippen molar-refractivity contribution in [1.29, 1.82) is 0 Å². The molecule has 42 heavy (non-hydrogen) atoms. The van der Waals surface area contributed by atoms with Crippen LogP contribution in [0, 0.1) is 0 Å². The van der Waals surface area contributed by atoms with Gasteiger partial charge >= 0.3 is 6.18 Å². The normalized spacial score (nSPS) is 15.0. The zero-order valence-corrected chi connectivity index (χ0v) is 23.4. The van der Waals surface area contributed by atoms with Crippen molar-refractivity contribution < 1.29 is 22.8 Å². The largest absolute Gasteiger partial charge is 0.416 e. The molecule has 4 aromatic rings. The molecule has 1 aliphatic heterocycles. The number of hydrogen-bond acceptors (Lipinski definition) is 4. The number of nitrogens with zero attached hydrogens (tertiary/aromatic N) is 3. The fourth-order valence-electron chi connectivity index (χ4n) is 5.50. The lowest BCUT2D eigenvalue weighted by atomic mass is 10.0. The van der Waals surface area contributed by atoms with E-state index >= 15 is 0 Å². The number of anilines is 1. The van der Waals surface area contributed by atoms with Gasteiger partial charge in [-0.1, -0.05) is 54.6 Å². The minimum absolute atomic E-state index is 0.00527. The molecular formula is C32H34F3N5O2. The Labute approximate surface area is 242 Å². The maximum Gasteiger partial charge on any atom is 0.416 e. The molecule has 0 spiro atoms. The monoisotopic (exact) mass is 577 g/mol. The molecule has 2 N–H and O–H groups in total. The molecule has 1 fully saturated rings. The third-order valence-corrected chi connectivity index (χ3v) is 7.70. The summed E-state index contributed by atoms with van der Waals surface area (Å²) in [6.45, 7) is 2.82. The van der Waals surface area contributed by atoms with Gasteiger partial charge < -0.3 is 20.1 Å². The van der Waals surface area contributed by atoms with Gasteiger partial charge in [0.1, 0.15) is 6.04 Å². The number of aromatic amines is 1. The Morgan fingerprint density at radius 3 is 2.31 bits per heavy atom. The van der Waals surface area contributed by atoms with E-state index in [-0.39, 0.29) is 31.0 Å². The molecule has 1 aromatic heterocycles. The van der Waals surface area contributed by atoms with Gasteiger partial charge in [-0.3, -0.25) is 14.5 Å². The molecule has 0 bridgehead atoms. The van der Waals surface area contributed by atoms with E-state index in [1.165, 1.54) is 30.1 Å². The van der Waals surface area contributed by atoms with E-state index in [4.69, 9.17) is 0 Å². The number of halogens is 3. The first kappa shape index (κ1) is 29.2. The smallest absolute Gasteiger partial charge is 0.369 e. The van der Waals surface area contributed by atoms with Crippen LogP contribution in [0.25, 0.3) is 10.9 Å². The molecule has 10 heteroatoms. The lowest BCUT2D eigenvalue weighted by molar-refractivity contribution is -0.140. The minimum Gasteiger partial charge on any atom is -0.369 e. The number of carbonyl (C=O) groups is 2. The molecule has 220 valence electrons. The highest BCUT2D eigenvalue weighted by molar-refractivity contribution is 5.90. The van der Waals surface area contributed by atoms with Crippen LogP contribution in [-0.2, 0) is 28.7 Å². The standard InChI is InChI=1S/C32H34F3N5O2/c1-38(21-23-9-5-7-13-27(23)32(33,34)35)31(42)29(19-24-20-36-28-14-8-6-12-26(24)28)37-30(41)22-39-15-17-40(18-16-39)25-10-3-2-4-11-25/h2-14,20,29,36H,15-19,21-22H2,1H3,(H,37,41). The second kappa shape index (κ2) is 12.7. The van der Waals surface area contributed by atoms with Crippen molar-refractivity contribution in [3.8, 4) is 0 Å². The first-order valence-corrected chi connectivity index (χ1v) is 14.0. The van der Waals surface area contributed by atoms with Crippen molar-refractivity contribution in [3.63, 3.8) is 0 Å². The quantitative estimate of drug-likeness (QED) is 0.303. The zero-order chi connectivity index (χ0) is 29.7. The predicted octanol–water partition coefficient (Wildman–Crippen LogP) is 4.69. The molecule has 1 unspecified atom stereocenters. The number of nitrogens with one attached hydrogen (secondary N) is 2. The predicted molar refractivity (Wildman–Crippen MR) is 157 cm³/mol. The molecular weight excluding hydrogens is 543 g/mol. The van der Waals surface area contributed by atoms with E-state index in [0.717, 1.165) is 41.3 Å².